The normalized spacial score (nSPS) is 10.6. The molecule has 2 aromatic carbocycles. The summed E-state index contributed by atoms with van der Waals surface area (Å²) in [6.45, 7) is 0. The average Bonchev–Trinajstić information content (AvgIpc) is 2.56. The lowest BCUT2D eigenvalue weighted by atomic mass is 10.2. The van der Waals surface area contributed by atoms with Crippen molar-refractivity contribution in [2.45, 2.75) is 11.1 Å². The monoisotopic (exact) mass is 462 g/mol. The molecular weight excluding hydrogens is 448 g/mol. The average molecular weight is 463 g/mol. The summed E-state index contributed by atoms with van der Waals surface area (Å²) in [5.41, 5.74) is 0.296. The highest BCUT2D eigenvalue weighted by molar-refractivity contribution is 9.08. The number of aromatic hydroxyl groups is 2. The number of rotatable bonds is 5. The van der Waals surface area contributed by atoms with Crippen LogP contribution in [0.1, 0.15) is 11.1 Å². The van der Waals surface area contributed by atoms with Gasteiger partial charge >= 0.3 is 0 Å². The van der Waals surface area contributed by atoms with Crippen LogP contribution in [0.3, 0.4) is 0 Å². The topological polar surface area (TPSA) is 161 Å². The lowest BCUT2D eigenvalue weighted by Crippen LogP contribution is -2.01. The highest BCUT2D eigenvalue weighted by atomic mass is 79.9. The van der Waals surface area contributed by atoms with Gasteiger partial charge in [0.2, 0.25) is 0 Å². The number of hydrogen-bond acceptors (Lipinski definition) is 8. The lowest BCUT2D eigenvalue weighted by molar-refractivity contribution is -0.385. The van der Waals surface area contributed by atoms with Gasteiger partial charge in [-0.15, -0.1) is 0 Å². The first-order valence-electron chi connectivity index (χ1n) is 7.11. The third-order valence-electron chi connectivity index (χ3n) is 3.11. The van der Waals surface area contributed by atoms with Gasteiger partial charge in [0.15, 0.2) is 9.84 Å². The van der Waals surface area contributed by atoms with Gasteiger partial charge in [0.25, 0.3) is 11.4 Å². The fourth-order valence-electron chi connectivity index (χ4n) is 1.88. The quantitative estimate of drug-likeness (QED) is 0.389. The first kappa shape index (κ1) is 22.3. The minimum atomic E-state index is -3.32. The van der Waals surface area contributed by atoms with E-state index in [0.29, 0.717) is 10.9 Å². The van der Waals surface area contributed by atoms with Crippen molar-refractivity contribution in [3.8, 4) is 11.5 Å². The van der Waals surface area contributed by atoms with Crippen LogP contribution >= 0.6 is 15.9 Å². The Morgan fingerprint density at radius 3 is 1.70 bits per heavy atom. The van der Waals surface area contributed by atoms with E-state index in [9.17, 15) is 33.8 Å². The van der Waals surface area contributed by atoms with E-state index in [-0.39, 0.29) is 28.4 Å². The molecule has 0 aliphatic carbocycles. The van der Waals surface area contributed by atoms with E-state index >= 15 is 0 Å². The van der Waals surface area contributed by atoms with Crippen molar-refractivity contribution >= 4 is 37.1 Å². The summed E-state index contributed by atoms with van der Waals surface area (Å²) in [6.07, 6.45) is 0.991. The zero-order chi connectivity index (χ0) is 20.8. The maximum absolute atomic E-state index is 11.0. The zero-order valence-electron chi connectivity index (χ0n) is 13.9. The molecule has 0 saturated carbocycles. The SMILES string of the molecule is CS(=O)(=O)Cc1cc([N+](=O)[O-])ccc1O.O=[N+]([O-])c1ccc(O)c(CBr)c1. The summed E-state index contributed by atoms with van der Waals surface area (Å²) in [7, 11) is -3.32. The molecule has 2 aromatic rings. The van der Waals surface area contributed by atoms with E-state index in [1.165, 1.54) is 18.2 Å². The summed E-state index contributed by atoms with van der Waals surface area (Å²) < 4.78 is 21.9. The van der Waals surface area contributed by atoms with Crippen molar-refractivity contribution in [1.29, 1.82) is 0 Å². The molecule has 0 aliphatic heterocycles. The molecule has 0 heterocycles. The minimum Gasteiger partial charge on any atom is -0.508 e. The van der Waals surface area contributed by atoms with Crippen LogP contribution in [0.15, 0.2) is 36.4 Å². The van der Waals surface area contributed by atoms with Crippen LogP contribution in [0.5, 0.6) is 11.5 Å². The largest absolute Gasteiger partial charge is 0.508 e. The molecule has 0 bridgehead atoms. The lowest BCUT2D eigenvalue weighted by Gasteiger charge is -2.02. The molecular formula is C15H15BrN2O8S. The molecule has 12 heteroatoms. The Morgan fingerprint density at radius 1 is 0.926 bits per heavy atom. The van der Waals surface area contributed by atoms with Crippen molar-refractivity contribution in [3.63, 3.8) is 0 Å². The number of halogens is 1. The smallest absolute Gasteiger partial charge is 0.270 e. The summed E-state index contributed by atoms with van der Waals surface area (Å²) in [4.78, 5) is 19.6. The van der Waals surface area contributed by atoms with Crippen LogP contribution in [0.4, 0.5) is 11.4 Å². The van der Waals surface area contributed by atoms with Crippen molar-refractivity contribution < 1.29 is 28.5 Å². The fourth-order valence-corrected chi connectivity index (χ4v) is 3.12. The van der Waals surface area contributed by atoms with Crippen molar-refractivity contribution in [2.24, 2.45) is 0 Å². The second-order valence-electron chi connectivity index (χ2n) is 5.34. The highest BCUT2D eigenvalue weighted by Crippen LogP contribution is 2.25. The molecule has 2 N–H and O–H groups in total. The Balaban J connectivity index is 0.000000277. The van der Waals surface area contributed by atoms with Crippen LogP contribution in [0, 0.1) is 20.2 Å². The van der Waals surface area contributed by atoms with Crippen LogP contribution in [-0.2, 0) is 20.9 Å². The number of phenols is 2. The molecule has 0 spiro atoms. The van der Waals surface area contributed by atoms with Gasteiger partial charge in [0.1, 0.15) is 11.5 Å². The number of hydrogen-bond donors (Lipinski definition) is 2. The molecule has 27 heavy (non-hydrogen) atoms. The molecule has 0 fully saturated rings. The number of alkyl halides is 1. The van der Waals surface area contributed by atoms with Gasteiger partial charge in [-0.1, -0.05) is 15.9 Å². The molecule has 0 radical (unpaired) electrons. The summed E-state index contributed by atoms with van der Waals surface area (Å²) in [6, 6.07) is 7.19. The van der Waals surface area contributed by atoms with Crippen molar-refractivity contribution in [1.82, 2.24) is 0 Å². The van der Waals surface area contributed by atoms with Crippen molar-refractivity contribution in [2.75, 3.05) is 6.26 Å². The number of sulfone groups is 1. The highest BCUT2D eigenvalue weighted by Gasteiger charge is 2.14. The molecule has 0 unspecified atom stereocenters. The van der Waals surface area contributed by atoms with Gasteiger partial charge in [-0.3, -0.25) is 20.2 Å². The zero-order valence-corrected chi connectivity index (χ0v) is 16.3. The Kier molecular flexibility index (Phi) is 7.67. The maximum atomic E-state index is 11.0. The van der Waals surface area contributed by atoms with Gasteiger partial charge in [-0.05, 0) is 12.1 Å². The van der Waals surface area contributed by atoms with E-state index < -0.39 is 25.4 Å². The number of nitro benzene ring substituents is 2. The summed E-state index contributed by atoms with van der Waals surface area (Å²) in [5.74, 6) is -0.607. The van der Waals surface area contributed by atoms with E-state index in [1.807, 2.05) is 0 Å². The van der Waals surface area contributed by atoms with Gasteiger partial charge in [-0.2, -0.15) is 0 Å². The Hall–Kier alpha value is -2.73. The molecule has 0 amide bonds. The standard InChI is InChI=1S/C8H9NO5S.C7H6BrNO3/c1-15(13,14)5-6-4-7(9(11)12)2-3-8(6)10;8-4-5-3-6(9(11)12)1-2-7(5)10/h2-4,10H,5H2,1H3;1-3,10H,4H2. The van der Waals surface area contributed by atoms with E-state index in [2.05, 4.69) is 15.9 Å². The second kappa shape index (κ2) is 9.28. The Morgan fingerprint density at radius 2 is 1.33 bits per heavy atom. The van der Waals surface area contributed by atoms with Crippen LogP contribution in [-0.4, -0.2) is 34.7 Å². The van der Waals surface area contributed by atoms with Gasteiger partial charge < -0.3 is 10.2 Å². The van der Waals surface area contributed by atoms with Crippen LogP contribution in [0.2, 0.25) is 0 Å². The Bertz CT molecular complexity index is 962. The minimum absolute atomic E-state index is 0.0118. The number of non-ortho nitro benzene ring substituents is 2. The second-order valence-corrected chi connectivity index (χ2v) is 8.04. The predicted octanol–water partition coefficient (Wildman–Crippen LogP) is 3.04. The molecule has 0 aromatic heterocycles. The fraction of sp³-hybridized carbons (Fsp3) is 0.200. The molecule has 0 atom stereocenters. The number of phenolic OH excluding ortho intramolecular Hbond substituents is 2. The first-order valence-corrected chi connectivity index (χ1v) is 10.3. The van der Waals surface area contributed by atoms with E-state index in [0.717, 1.165) is 24.5 Å². The van der Waals surface area contributed by atoms with Gasteiger partial charge in [0, 0.05) is 47.0 Å². The van der Waals surface area contributed by atoms with E-state index in [4.69, 9.17) is 5.11 Å². The van der Waals surface area contributed by atoms with Crippen LogP contribution in [0.25, 0.3) is 0 Å². The third-order valence-corrected chi connectivity index (χ3v) is 4.55. The maximum Gasteiger partial charge on any atom is 0.270 e. The van der Waals surface area contributed by atoms with Crippen molar-refractivity contribution in [3.05, 3.63) is 67.8 Å². The molecule has 10 nitrogen and oxygen atoms in total. The van der Waals surface area contributed by atoms with E-state index in [1.54, 1.807) is 0 Å². The van der Waals surface area contributed by atoms with Gasteiger partial charge in [0.05, 0.1) is 15.6 Å². The summed E-state index contributed by atoms with van der Waals surface area (Å²) in [5, 5.41) is 39.6. The van der Waals surface area contributed by atoms with Gasteiger partial charge in [-0.25, -0.2) is 8.42 Å². The predicted molar refractivity (Wildman–Crippen MR) is 101 cm³/mol. The summed E-state index contributed by atoms with van der Waals surface area (Å²) >= 11 is 3.11. The third kappa shape index (κ3) is 7.19. The molecule has 2 rings (SSSR count). The molecule has 146 valence electrons. The molecule has 0 aliphatic rings. The first-order chi connectivity index (χ1) is 12.4. The molecule has 0 saturated heterocycles. The number of benzene rings is 2. The number of nitro groups is 2. The van der Waals surface area contributed by atoms with Crippen LogP contribution < -0.4 is 0 Å². The Labute approximate surface area is 162 Å². The number of nitrogens with zero attached hydrogens (tertiary/aromatic N) is 2.